The summed E-state index contributed by atoms with van der Waals surface area (Å²) in [5.41, 5.74) is 2.60. The lowest BCUT2D eigenvalue weighted by Gasteiger charge is -2.09. The lowest BCUT2D eigenvalue weighted by Crippen LogP contribution is -2.27. The van der Waals surface area contributed by atoms with Gasteiger partial charge in [-0.05, 0) is 65.4 Å². The molecule has 0 aliphatic rings. The maximum atomic E-state index is 12.7. The predicted octanol–water partition coefficient (Wildman–Crippen LogP) is 3.50. The molecule has 0 fully saturated rings. The first-order valence-corrected chi connectivity index (χ1v) is 9.02. The second-order valence-electron chi connectivity index (χ2n) is 5.88. The van der Waals surface area contributed by atoms with Crippen molar-refractivity contribution in [1.82, 2.24) is 9.78 Å². The Labute approximate surface area is 159 Å². The van der Waals surface area contributed by atoms with Crippen molar-refractivity contribution < 1.29 is 4.79 Å². The van der Waals surface area contributed by atoms with Crippen molar-refractivity contribution in [2.24, 2.45) is 0 Å². The highest BCUT2D eigenvalue weighted by atomic mass is 127. The minimum absolute atomic E-state index is 0.0171. The number of rotatable bonds is 5. The van der Waals surface area contributed by atoms with Crippen LogP contribution < -0.4 is 5.56 Å². The predicted molar refractivity (Wildman–Crippen MR) is 106 cm³/mol. The van der Waals surface area contributed by atoms with Gasteiger partial charge in [-0.2, -0.15) is 9.78 Å². The van der Waals surface area contributed by atoms with Gasteiger partial charge in [0.25, 0.3) is 5.56 Å². The maximum Gasteiger partial charge on any atom is 0.275 e. The molecule has 0 aliphatic carbocycles. The van der Waals surface area contributed by atoms with Crippen LogP contribution in [0.15, 0.2) is 65.5 Å². The van der Waals surface area contributed by atoms with E-state index in [0.29, 0.717) is 23.4 Å². The van der Waals surface area contributed by atoms with Gasteiger partial charge < -0.3 is 0 Å². The van der Waals surface area contributed by atoms with Gasteiger partial charge in [0.05, 0.1) is 11.4 Å². The largest absolute Gasteiger partial charge is 0.299 e. The number of nitrogens with zero attached hydrogens (tertiary/aromatic N) is 2. The van der Waals surface area contributed by atoms with Gasteiger partial charge in [0.15, 0.2) is 0 Å². The number of aryl methyl sites for hydroxylation is 1. The van der Waals surface area contributed by atoms with Gasteiger partial charge in [-0.25, -0.2) is 0 Å². The Balaban J connectivity index is 1.85. The Morgan fingerprint density at radius 1 is 1.04 bits per heavy atom. The van der Waals surface area contributed by atoms with E-state index in [1.54, 1.807) is 6.07 Å². The van der Waals surface area contributed by atoms with Gasteiger partial charge in [-0.15, -0.1) is 0 Å². The quantitative estimate of drug-likeness (QED) is 0.567. The number of carbonyl (C=O) groups excluding carboxylic acids is 1. The van der Waals surface area contributed by atoms with E-state index in [2.05, 4.69) is 27.7 Å². The molecule has 5 heteroatoms. The molecule has 0 atom stereocenters. The van der Waals surface area contributed by atoms with Crippen LogP contribution in [0.1, 0.15) is 16.8 Å². The third-order valence-corrected chi connectivity index (χ3v) is 4.53. The fourth-order valence-electron chi connectivity index (χ4n) is 2.66. The van der Waals surface area contributed by atoms with Crippen molar-refractivity contribution in [2.45, 2.75) is 19.8 Å². The smallest absolute Gasteiger partial charge is 0.275 e. The third-order valence-electron chi connectivity index (χ3n) is 3.81. The van der Waals surface area contributed by atoms with E-state index in [1.165, 1.54) is 4.68 Å². The van der Waals surface area contributed by atoms with Crippen LogP contribution in [0.4, 0.5) is 0 Å². The summed E-state index contributed by atoms with van der Waals surface area (Å²) in [6.45, 7) is 1.83. The minimum atomic E-state index is -0.243. The normalized spacial score (nSPS) is 10.6. The number of benzene rings is 2. The summed E-state index contributed by atoms with van der Waals surface area (Å²) >= 11 is 2.23. The van der Waals surface area contributed by atoms with Gasteiger partial charge in [0.1, 0.15) is 5.78 Å². The van der Waals surface area contributed by atoms with Crippen molar-refractivity contribution in [1.29, 1.82) is 0 Å². The molecule has 25 heavy (non-hydrogen) atoms. The van der Waals surface area contributed by atoms with Gasteiger partial charge in [0, 0.05) is 22.0 Å². The van der Waals surface area contributed by atoms with Gasteiger partial charge >= 0.3 is 0 Å². The lowest BCUT2D eigenvalue weighted by atomic mass is 10.0. The van der Waals surface area contributed by atoms with Crippen molar-refractivity contribution in [3.63, 3.8) is 0 Å². The Bertz CT molecular complexity index is 948. The van der Waals surface area contributed by atoms with E-state index in [1.807, 2.05) is 61.5 Å². The van der Waals surface area contributed by atoms with E-state index in [0.717, 1.165) is 9.13 Å². The van der Waals surface area contributed by atoms with Crippen LogP contribution in [-0.2, 0) is 17.6 Å². The summed E-state index contributed by atoms with van der Waals surface area (Å²) in [4.78, 5) is 25.1. The van der Waals surface area contributed by atoms with Crippen molar-refractivity contribution >= 4 is 28.4 Å². The standard InChI is InChI=1S/C20H17IN2O2/c1-14-11-16(13-19(24)12-15-7-9-17(21)10-8-15)20(25)23(22-14)18-5-3-2-4-6-18/h2-11H,12-13H2,1H3. The second kappa shape index (κ2) is 7.74. The molecule has 0 amide bonds. The molecule has 0 spiro atoms. The zero-order valence-electron chi connectivity index (χ0n) is 13.8. The fraction of sp³-hybridized carbons (Fsp3) is 0.150. The average Bonchev–Trinajstić information content (AvgIpc) is 2.60. The van der Waals surface area contributed by atoms with Crippen LogP contribution in [0, 0.1) is 10.5 Å². The zero-order valence-corrected chi connectivity index (χ0v) is 15.9. The molecule has 0 bridgehead atoms. The molecule has 0 unspecified atom stereocenters. The lowest BCUT2D eigenvalue weighted by molar-refractivity contribution is -0.117. The minimum Gasteiger partial charge on any atom is -0.299 e. The summed E-state index contributed by atoms with van der Waals surface area (Å²) in [5.74, 6) is 0.0171. The van der Waals surface area contributed by atoms with Crippen molar-refractivity contribution in [2.75, 3.05) is 0 Å². The summed E-state index contributed by atoms with van der Waals surface area (Å²) < 4.78 is 2.49. The van der Waals surface area contributed by atoms with Crippen LogP contribution in [0.25, 0.3) is 5.69 Å². The molecule has 3 aromatic rings. The monoisotopic (exact) mass is 444 g/mol. The number of aromatic nitrogens is 2. The van der Waals surface area contributed by atoms with E-state index < -0.39 is 0 Å². The van der Waals surface area contributed by atoms with Crippen molar-refractivity contribution in [3.8, 4) is 5.69 Å². The van der Waals surface area contributed by atoms with Crippen LogP contribution in [-0.4, -0.2) is 15.6 Å². The molecular formula is C20H17IN2O2. The van der Waals surface area contributed by atoms with E-state index in [9.17, 15) is 9.59 Å². The van der Waals surface area contributed by atoms with Crippen molar-refractivity contribution in [3.05, 3.63) is 91.4 Å². The first-order valence-electron chi connectivity index (χ1n) is 7.94. The number of carbonyl (C=O) groups is 1. The first kappa shape index (κ1) is 17.5. The zero-order chi connectivity index (χ0) is 17.8. The maximum absolute atomic E-state index is 12.7. The molecule has 4 nitrogen and oxygen atoms in total. The van der Waals surface area contributed by atoms with Gasteiger partial charge in [-0.3, -0.25) is 9.59 Å². The van der Waals surface area contributed by atoms with E-state index >= 15 is 0 Å². The molecule has 1 aromatic heterocycles. The number of hydrogen-bond acceptors (Lipinski definition) is 3. The highest BCUT2D eigenvalue weighted by Crippen LogP contribution is 2.10. The molecule has 0 saturated heterocycles. The Kier molecular flexibility index (Phi) is 5.43. The third kappa shape index (κ3) is 4.42. The summed E-state index contributed by atoms with van der Waals surface area (Å²) in [6.07, 6.45) is 0.435. The number of Topliss-reactive ketones (excluding diaryl/α,β-unsaturated/α-hetero) is 1. The number of ketones is 1. The number of hydrogen-bond donors (Lipinski definition) is 0. The number of halogens is 1. The summed E-state index contributed by atoms with van der Waals surface area (Å²) in [7, 11) is 0. The molecule has 2 aromatic carbocycles. The average molecular weight is 444 g/mol. The molecule has 126 valence electrons. The van der Waals surface area contributed by atoms with Gasteiger partial charge in [0.2, 0.25) is 0 Å². The molecule has 0 radical (unpaired) electrons. The molecule has 0 saturated carbocycles. The SMILES string of the molecule is Cc1cc(CC(=O)Cc2ccc(I)cc2)c(=O)n(-c2ccccc2)n1. The summed E-state index contributed by atoms with van der Waals surface area (Å²) in [5, 5.41) is 4.30. The number of para-hydroxylation sites is 1. The topological polar surface area (TPSA) is 52.0 Å². The van der Waals surface area contributed by atoms with Crippen LogP contribution in [0.2, 0.25) is 0 Å². The Morgan fingerprint density at radius 2 is 1.72 bits per heavy atom. The molecule has 3 rings (SSSR count). The summed E-state index contributed by atoms with van der Waals surface area (Å²) in [6, 6.07) is 18.8. The Hall–Kier alpha value is -2.28. The Morgan fingerprint density at radius 3 is 2.40 bits per heavy atom. The molecule has 0 aliphatic heterocycles. The van der Waals surface area contributed by atoms with Gasteiger partial charge in [-0.1, -0.05) is 30.3 Å². The van der Waals surface area contributed by atoms with Crippen LogP contribution >= 0.6 is 22.6 Å². The highest BCUT2D eigenvalue weighted by Gasteiger charge is 2.13. The first-order chi connectivity index (χ1) is 12.0. The van der Waals surface area contributed by atoms with Crippen LogP contribution in [0.3, 0.4) is 0 Å². The highest BCUT2D eigenvalue weighted by molar-refractivity contribution is 14.1. The molecular weight excluding hydrogens is 427 g/mol. The fourth-order valence-corrected chi connectivity index (χ4v) is 3.02. The van der Waals surface area contributed by atoms with E-state index in [-0.39, 0.29) is 17.8 Å². The van der Waals surface area contributed by atoms with E-state index in [4.69, 9.17) is 0 Å². The second-order valence-corrected chi connectivity index (χ2v) is 7.13. The molecule has 0 N–H and O–H groups in total. The molecule has 1 heterocycles. The van der Waals surface area contributed by atoms with Crippen LogP contribution in [0.5, 0.6) is 0 Å².